The number of nitrogen functional groups attached to an aromatic ring is 1. The number of hydrogen-bond acceptors (Lipinski definition) is 3. The molecule has 3 heteroatoms. The van der Waals surface area contributed by atoms with Crippen molar-refractivity contribution in [2.45, 2.75) is 12.0 Å². The fourth-order valence-corrected chi connectivity index (χ4v) is 2.22. The van der Waals surface area contributed by atoms with Crippen LogP contribution in [-0.2, 0) is 10.3 Å². The Hall–Kier alpha value is -1.58. The van der Waals surface area contributed by atoms with Gasteiger partial charge >= 0.3 is 0 Å². The summed E-state index contributed by atoms with van der Waals surface area (Å²) in [7, 11) is 1.66. The van der Waals surface area contributed by atoms with E-state index in [1.165, 1.54) is 0 Å². The highest BCUT2D eigenvalue weighted by atomic mass is 16.5. The first-order valence-corrected chi connectivity index (χ1v) is 5.60. The number of hydrogen-bond donors (Lipinski definition) is 2. The molecule has 0 radical (unpaired) electrons. The number of allylic oxidation sites excluding steroid dienone is 2. The molecule has 3 nitrogen and oxygen atoms in total. The second-order valence-electron chi connectivity index (χ2n) is 4.20. The van der Waals surface area contributed by atoms with Crippen LogP contribution in [0.4, 0.5) is 5.69 Å². The molecular weight excluding hydrogens is 214 g/mol. The first-order valence-electron chi connectivity index (χ1n) is 5.60. The van der Waals surface area contributed by atoms with Gasteiger partial charge in [0.25, 0.3) is 0 Å². The molecule has 1 atom stereocenters. The standard InChI is InChI=1S/C14H17NO2/c1-17-14(8-4-5-11(9-14)10-16)12-6-2-3-7-13(12)15/h2-8,16H,9-10,15H2,1H3. The average molecular weight is 231 g/mol. The van der Waals surface area contributed by atoms with Gasteiger partial charge in [0, 0.05) is 24.8 Å². The van der Waals surface area contributed by atoms with Gasteiger partial charge in [-0.15, -0.1) is 0 Å². The molecule has 2 rings (SSSR count). The maximum absolute atomic E-state index is 9.25. The van der Waals surface area contributed by atoms with Crippen LogP contribution >= 0.6 is 0 Å². The van der Waals surface area contributed by atoms with Gasteiger partial charge < -0.3 is 15.6 Å². The number of benzene rings is 1. The Morgan fingerprint density at radius 1 is 1.41 bits per heavy atom. The summed E-state index contributed by atoms with van der Waals surface area (Å²) in [5.74, 6) is 0. The van der Waals surface area contributed by atoms with Crippen molar-refractivity contribution in [2.24, 2.45) is 0 Å². The van der Waals surface area contributed by atoms with E-state index in [1.54, 1.807) is 7.11 Å². The van der Waals surface area contributed by atoms with Crippen molar-refractivity contribution in [1.82, 2.24) is 0 Å². The van der Waals surface area contributed by atoms with Gasteiger partial charge in [0.15, 0.2) is 0 Å². The Morgan fingerprint density at radius 2 is 2.18 bits per heavy atom. The molecule has 0 saturated heterocycles. The van der Waals surface area contributed by atoms with Crippen LogP contribution in [0.25, 0.3) is 0 Å². The maximum Gasteiger partial charge on any atom is 0.117 e. The molecule has 1 aromatic carbocycles. The van der Waals surface area contributed by atoms with Crippen molar-refractivity contribution in [3.05, 3.63) is 53.6 Å². The minimum absolute atomic E-state index is 0.0438. The van der Waals surface area contributed by atoms with E-state index in [0.29, 0.717) is 12.1 Å². The number of para-hydroxylation sites is 1. The van der Waals surface area contributed by atoms with E-state index >= 15 is 0 Å². The number of aliphatic hydroxyl groups excluding tert-OH is 1. The normalized spacial score (nSPS) is 23.5. The van der Waals surface area contributed by atoms with Crippen LogP contribution in [0.5, 0.6) is 0 Å². The van der Waals surface area contributed by atoms with Crippen LogP contribution in [0.1, 0.15) is 12.0 Å². The van der Waals surface area contributed by atoms with E-state index < -0.39 is 5.60 Å². The SMILES string of the molecule is COC1(c2ccccc2N)C=CC=C(CO)C1. The van der Waals surface area contributed by atoms with Crippen molar-refractivity contribution < 1.29 is 9.84 Å². The quantitative estimate of drug-likeness (QED) is 0.782. The number of methoxy groups -OCH3 is 1. The second-order valence-corrected chi connectivity index (χ2v) is 4.20. The summed E-state index contributed by atoms with van der Waals surface area (Å²) in [6, 6.07) is 7.67. The van der Waals surface area contributed by atoms with Crippen molar-refractivity contribution >= 4 is 5.69 Å². The van der Waals surface area contributed by atoms with Crippen molar-refractivity contribution in [2.75, 3.05) is 19.5 Å². The third-order valence-corrected chi connectivity index (χ3v) is 3.17. The molecule has 90 valence electrons. The number of aliphatic hydroxyl groups is 1. The molecule has 1 unspecified atom stereocenters. The van der Waals surface area contributed by atoms with Gasteiger partial charge in [0.1, 0.15) is 5.60 Å². The van der Waals surface area contributed by atoms with E-state index in [0.717, 1.165) is 11.1 Å². The summed E-state index contributed by atoms with van der Waals surface area (Å²) in [5.41, 5.74) is 8.04. The highest BCUT2D eigenvalue weighted by Gasteiger charge is 2.33. The van der Waals surface area contributed by atoms with Crippen molar-refractivity contribution in [3.8, 4) is 0 Å². The molecular formula is C14H17NO2. The lowest BCUT2D eigenvalue weighted by Crippen LogP contribution is -2.29. The van der Waals surface area contributed by atoms with E-state index in [1.807, 2.05) is 42.5 Å². The van der Waals surface area contributed by atoms with Gasteiger partial charge in [0.2, 0.25) is 0 Å². The van der Waals surface area contributed by atoms with Crippen LogP contribution < -0.4 is 5.73 Å². The zero-order chi connectivity index (χ0) is 12.3. The molecule has 1 aromatic rings. The molecule has 0 aromatic heterocycles. The third kappa shape index (κ3) is 2.12. The largest absolute Gasteiger partial charge is 0.398 e. The first-order chi connectivity index (χ1) is 8.22. The lowest BCUT2D eigenvalue weighted by molar-refractivity contribution is 0.0267. The summed E-state index contributed by atoms with van der Waals surface area (Å²) in [5, 5.41) is 9.25. The smallest absolute Gasteiger partial charge is 0.117 e. The summed E-state index contributed by atoms with van der Waals surface area (Å²) < 4.78 is 5.66. The summed E-state index contributed by atoms with van der Waals surface area (Å²) in [4.78, 5) is 0. The predicted octanol–water partition coefficient (Wildman–Crippen LogP) is 1.99. The Balaban J connectivity index is 2.44. The Morgan fingerprint density at radius 3 is 2.82 bits per heavy atom. The van der Waals surface area contributed by atoms with Crippen molar-refractivity contribution in [3.63, 3.8) is 0 Å². The third-order valence-electron chi connectivity index (χ3n) is 3.17. The summed E-state index contributed by atoms with van der Waals surface area (Å²) in [6.45, 7) is 0.0438. The Labute approximate surface area is 101 Å². The van der Waals surface area contributed by atoms with E-state index in [4.69, 9.17) is 10.5 Å². The van der Waals surface area contributed by atoms with E-state index in [2.05, 4.69) is 0 Å². The van der Waals surface area contributed by atoms with Crippen LogP contribution in [0.2, 0.25) is 0 Å². The Kier molecular flexibility index (Phi) is 3.31. The number of rotatable bonds is 3. The van der Waals surface area contributed by atoms with Gasteiger partial charge in [0.05, 0.1) is 6.61 Å². The maximum atomic E-state index is 9.25. The lowest BCUT2D eigenvalue weighted by atomic mass is 9.83. The summed E-state index contributed by atoms with van der Waals surface area (Å²) >= 11 is 0. The molecule has 0 aliphatic heterocycles. The van der Waals surface area contributed by atoms with Gasteiger partial charge in [-0.1, -0.05) is 30.4 Å². The number of nitrogens with two attached hydrogens (primary N) is 1. The zero-order valence-corrected chi connectivity index (χ0v) is 9.89. The Bertz CT molecular complexity index is 465. The molecule has 0 heterocycles. The molecule has 1 aliphatic rings. The highest BCUT2D eigenvalue weighted by Crippen LogP contribution is 2.38. The summed E-state index contributed by atoms with van der Waals surface area (Å²) in [6.07, 6.45) is 6.43. The van der Waals surface area contributed by atoms with E-state index in [-0.39, 0.29) is 6.61 Å². The number of ether oxygens (including phenoxy) is 1. The zero-order valence-electron chi connectivity index (χ0n) is 9.89. The highest BCUT2D eigenvalue weighted by molar-refractivity contribution is 5.53. The minimum atomic E-state index is -0.557. The fraction of sp³-hybridized carbons (Fsp3) is 0.286. The second kappa shape index (κ2) is 4.73. The van der Waals surface area contributed by atoms with Gasteiger partial charge in [-0.2, -0.15) is 0 Å². The number of anilines is 1. The van der Waals surface area contributed by atoms with Crippen LogP contribution in [0.15, 0.2) is 48.1 Å². The monoisotopic (exact) mass is 231 g/mol. The topological polar surface area (TPSA) is 55.5 Å². The van der Waals surface area contributed by atoms with E-state index in [9.17, 15) is 5.11 Å². The molecule has 0 bridgehead atoms. The molecule has 3 N–H and O–H groups in total. The minimum Gasteiger partial charge on any atom is -0.398 e. The van der Waals surface area contributed by atoms with Crippen LogP contribution in [-0.4, -0.2) is 18.8 Å². The molecule has 17 heavy (non-hydrogen) atoms. The van der Waals surface area contributed by atoms with Gasteiger partial charge in [-0.05, 0) is 17.7 Å². The molecule has 0 amide bonds. The fourth-order valence-electron chi connectivity index (χ4n) is 2.22. The predicted molar refractivity (Wildman–Crippen MR) is 68.5 cm³/mol. The van der Waals surface area contributed by atoms with Crippen molar-refractivity contribution in [1.29, 1.82) is 0 Å². The van der Waals surface area contributed by atoms with Gasteiger partial charge in [-0.25, -0.2) is 0 Å². The molecule has 0 saturated carbocycles. The van der Waals surface area contributed by atoms with Crippen LogP contribution in [0.3, 0.4) is 0 Å². The molecule has 0 spiro atoms. The first kappa shape index (κ1) is 11.9. The lowest BCUT2D eigenvalue weighted by Gasteiger charge is -2.33. The van der Waals surface area contributed by atoms with Crippen LogP contribution in [0, 0.1) is 0 Å². The average Bonchev–Trinajstić information content (AvgIpc) is 2.39. The molecule has 0 fully saturated rings. The van der Waals surface area contributed by atoms with Gasteiger partial charge in [-0.3, -0.25) is 0 Å². The molecule has 1 aliphatic carbocycles.